The molecule has 0 bridgehead atoms. The highest BCUT2D eigenvalue weighted by molar-refractivity contribution is 7.14. The summed E-state index contributed by atoms with van der Waals surface area (Å²) in [6.45, 7) is 3.88. The number of ketones is 1. The molecule has 3 aromatic heterocycles. The number of amides is 1. The molecule has 7 nitrogen and oxygen atoms in total. The highest BCUT2D eigenvalue weighted by Gasteiger charge is 2.45. The Hall–Kier alpha value is -3.65. The minimum absolute atomic E-state index is 0.0376. The summed E-state index contributed by atoms with van der Waals surface area (Å²) < 4.78 is 5.59. The lowest BCUT2D eigenvalue weighted by Gasteiger charge is -2.24. The summed E-state index contributed by atoms with van der Waals surface area (Å²) in [5.41, 5.74) is 2.70. The molecule has 1 atom stereocenters. The fourth-order valence-electron chi connectivity index (χ4n) is 4.30. The van der Waals surface area contributed by atoms with Gasteiger partial charge in [0.05, 0.1) is 27.4 Å². The number of aryl methyl sites for hydroxylation is 2. The number of rotatable bonds is 6. The number of aromatic nitrogens is 2. The molecular formula is C24H21N3O4S. The van der Waals surface area contributed by atoms with Crippen LogP contribution in [0, 0.1) is 13.8 Å². The maximum atomic E-state index is 13.4. The SMILES string of the molecule is Cc1nc(C)c(C(=O)C2=C(O)C(=O)N(CCc3c[nH]c4ccccc34)C2c2ccco2)s1. The highest BCUT2D eigenvalue weighted by Crippen LogP contribution is 2.40. The zero-order valence-electron chi connectivity index (χ0n) is 17.6. The fraction of sp³-hybridized carbons (Fsp3) is 0.208. The number of hydrogen-bond donors (Lipinski definition) is 2. The zero-order valence-corrected chi connectivity index (χ0v) is 18.4. The van der Waals surface area contributed by atoms with E-state index in [0.717, 1.165) is 21.5 Å². The molecule has 1 aliphatic rings. The summed E-state index contributed by atoms with van der Waals surface area (Å²) in [7, 11) is 0. The Labute approximate surface area is 188 Å². The third-order valence-corrected chi connectivity index (χ3v) is 6.84. The van der Waals surface area contributed by atoms with Crippen LogP contribution in [0.1, 0.15) is 37.7 Å². The number of para-hydroxylation sites is 1. The van der Waals surface area contributed by atoms with Crippen LogP contribution in [0.2, 0.25) is 0 Å². The number of aliphatic hydroxyl groups excluding tert-OH is 1. The molecule has 32 heavy (non-hydrogen) atoms. The second kappa shape index (κ2) is 7.80. The molecule has 0 radical (unpaired) electrons. The molecule has 1 amide bonds. The maximum Gasteiger partial charge on any atom is 0.290 e. The largest absolute Gasteiger partial charge is 0.503 e. The number of carbonyl (C=O) groups excluding carboxylic acids is 2. The Bertz CT molecular complexity index is 1360. The Morgan fingerprint density at radius 1 is 1.25 bits per heavy atom. The van der Waals surface area contributed by atoms with E-state index in [1.807, 2.05) is 37.4 Å². The van der Waals surface area contributed by atoms with E-state index in [2.05, 4.69) is 9.97 Å². The molecule has 162 valence electrons. The summed E-state index contributed by atoms with van der Waals surface area (Å²) in [6, 6.07) is 10.6. The molecule has 1 unspecified atom stereocenters. The number of nitrogens with zero attached hydrogens (tertiary/aromatic N) is 2. The van der Waals surface area contributed by atoms with Gasteiger partial charge in [-0.05, 0) is 44.0 Å². The van der Waals surface area contributed by atoms with Gasteiger partial charge in [-0.15, -0.1) is 11.3 Å². The van der Waals surface area contributed by atoms with Crippen molar-refractivity contribution in [3.63, 3.8) is 0 Å². The summed E-state index contributed by atoms with van der Waals surface area (Å²) in [6.07, 6.45) is 3.98. The Morgan fingerprint density at radius 2 is 2.06 bits per heavy atom. The van der Waals surface area contributed by atoms with Gasteiger partial charge < -0.3 is 19.4 Å². The van der Waals surface area contributed by atoms with Gasteiger partial charge in [0, 0.05) is 23.6 Å². The van der Waals surface area contributed by atoms with Crippen molar-refractivity contribution in [1.29, 1.82) is 0 Å². The van der Waals surface area contributed by atoms with Crippen LogP contribution in [0.5, 0.6) is 0 Å². The molecule has 0 saturated carbocycles. The zero-order chi connectivity index (χ0) is 22.4. The van der Waals surface area contributed by atoms with Crippen molar-refractivity contribution in [3.8, 4) is 0 Å². The van der Waals surface area contributed by atoms with E-state index in [1.165, 1.54) is 22.5 Å². The molecule has 2 N–H and O–H groups in total. The first-order chi connectivity index (χ1) is 15.5. The van der Waals surface area contributed by atoms with Gasteiger partial charge in [-0.25, -0.2) is 4.98 Å². The summed E-state index contributed by atoms with van der Waals surface area (Å²) in [5, 5.41) is 12.6. The molecule has 0 fully saturated rings. The third kappa shape index (κ3) is 3.23. The third-order valence-electron chi connectivity index (χ3n) is 5.77. The summed E-state index contributed by atoms with van der Waals surface area (Å²) in [4.78, 5) is 36.0. The lowest BCUT2D eigenvalue weighted by molar-refractivity contribution is -0.129. The average molecular weight is 448 g/mol. The van der Waals surface area contributed by atoms with Gasteiger partial charge in [0.2, 0.25) is 5.78 Å². The minimum atomic E-state index is -0.794. The van der Waals surface area contributed by atoms with Crippen molar-refractivity contribution in [2.75, 3.05) is 6.54 Å². The molecule has 0 saturated heterocycles. The monoisotopic (exact) mass is 447 g/mol. The number of aliphatic hydroxyl groups is 1. The number of carbonyl (C=O) groups is 2. The quantitative estimate of drug-likeness (QED) is 0.419. The highest BCUT2D eigenvalue weighted by atomic mass is 32.1. The van der Waals surface area contributed by atoms with Crippen LogP contribution in [-0.4, -0.2) is 38.2 Å². The van der Waals surface area contributed by atoms with Crippen molar-refractivity contribution < 1.29 is 19.1 Å². The lowest BCUT2D eigenvalue weighted by Crippen LogP contribution is -2.32. The molecule has 4 heterocycles. The van der Waals surface area contributed by atoms with Crippen LogP contribution in [0.3, 0.4) is 0 Å². The number of fused-ring (bicyclic) bond motifs is 1. The predicted octanol–water partition coefficient (Wildman–Crippen LogP) is 4.66. The number of aromatic amines is 1. The van der Waals surface area contributed by atoms with Crippen molar-refractivity contribution in [3.05, 3.63) is 87.1 Å². The summed E-state index contributed by atoms with van der Waals surface area (Å²) in [5.74, 6) is -1.06. The molecule has 1 aromatic carbocycles. The van der Waals surface area contributed by atoms with Crippen LogP contribution in [0.25, 0.3) is 10.9 Å². The van der Waals surface area contributed by atoms with Crippen LogP contribution in [0.15, 0.2) is 64.6 Å². The van der Waals surface area contributed by atoms with Gasteiger partial charge in [0.15, 0.2) is 5.76 Å². The van der Waals surface area contributed by atoms with Gasteiger partial charge in [0.1, 0.15) is 11.8 Å². The molecule has 8 heteroatoms. The number of Topliss-reactive ketones (excluding diaryl/α,β-unsaturated/α-hetero) is 1. The summed E-state index contributed by atoms with van der Waals surface area (Å²) >= 11 is 1.26. The van der Waals surface area contributed by atoms with E-state index in [9.17, 15) is 14.7 Å². The second-order valence-electron chi connectivity index (χ2n) is 7.76. The van der Waals surface area contributed by atoms with E-state index in [-0.39, 0.29) is 5.57 Å². The van der Waals surface area contributed by atoms with E-state index in [4.69, 9.17) is 4.42 Å². The normalized spacial score (nSPS) is 16.5. The van der Waals surface area contributed by atoms with E-state index >= 15 is 0 Å². The maximum absolute atomic E-state index is 13.4. The fourth-order valence-corrected chi connectivity index (χ4v) is 5.18. The van der Waals surface area contributed by atoms with Crippen molar-refractivity contribution in [2.45, 2.75) is 26.3 Å². The standard InChI is InChI=1S/C24H21N3O4S/c1-13-23(32-14(2)26-13)21(28)19-20(18-8-5-11-31-18)27(24(30)22(19)29)10-9-15-12-25-17-7-4-3-6-16(15)17/h3-8,11-12,20,25,29H,9-10H2,1-2H3. The topological polar surface area (TPSA) is 99.4 Å². The minimum Gasteiger partial charge on any atom is -0.503 e. The van der Waals surface area contributed by atoms with E-state index in [1.54, 1.807) is 19.1 Å². The van der Waals surface area contributed by atoms with Crippen LogP contribution in [0.4, 0.5) is 0 Å². The van der Waals surface area contributed by atoms with Gasteiger partial charge in [-0.1, -0.05) is 18.2 Å². The predicted molar refractivity (Wildman–Crippen MR) is 121 cm³/mol. The Morgan fingerprint density at radius 3 is 2.78 bits per heavy atom. The molecule has 1 aliphatic heterocycles. The van der Waals surface area contributed by atoms with Crippen LogP contribution in [-0.2, 0) is 11.2 Å². The number of furan rings is 1. The number of benzene rings is 1. The van der Waals surface area contributed by atoms with Crippen molar-refractivity contribution in [1.82, 2.24) is 14.9 Å². The molecular weight excluding hydrogens is 426 g/mol. The molecule has 0 spiro atoms. The first-order valence-electron chi connectivity index (χ1n) is 10.3. The van der Waals surface area contributed by atoms with E-state index in [0.29, 0.717) is 29.3 Å². The molecule has 4 aromatic rings. The van der Waals surface area contributed by atoms with Gasteiger partial charge in [0.25, 0.3) is 5.91 Å². The number of hydrogen-bond acceptors (Lipinski definition) is 6. The van der Waals surface area contributed by atoms with Gasteiger partial charge >= 0.3 is 0 Å². The second-order valence-corrected chi connectivity index (χ2v) is 8.97. The van der Waals surface area contributed by atoms with Gasteiger partial charge in [-0.2, -0.15) is 0 Å². The Balaban J connectivity index is 1.50. The smallest absolute Gasteiger partial charge is 0.290 e. The van der Waals surface area contributed by atoms with Gasteiger partial charge in [-0.3, -0.25) is 9.59 Å². The lowest BCUT2D eigenvalue weighted by atomic mass is 9.99. The molecule has 5 rings (SSSR count). The van der Waals surface area contributed by atoms with Crippen molar-refractivity contribution >= 4 is 33.9 Å². The number of nitrogens with one attached hydrogen (secondary N) is 1. The van der Waals surface area contributed by atoms with Crippen LogP contribution >= 0.6 is 11.3 Å². The first-order valence-corrected chi connectivity index (χ1v) is 11.1. The van der Waals surface area contributed by atoms with Crippen LogP contribution < -0.4 is 0 Å². The van der Waals surface area contributed by atoms with E-state index < -0.39 is 23.5 Å². The average Bonchev–Trinajstić information content (AvgIpc) is 3.55. The van der Waals surface area contributed by atoms with Crippen molar-refractivity contribution in [2.24, 2.45) is 0 Å². The first kappa shape index (κ1) is 20.3. The number of thiazole rings is 1. The molecule has 0 aliphatic carbocycles. The Kier molecular flexibility index (Phi) is 4.94. The number of H-pyrrole nitrogens is 1.